The van der Waals surface area contributed by atoms with Crippen LogP contribution >= 0.6 is 11.3 Å². The zero-order chi connectivity index (χ0) is 46.2. The minimum absolute atomic E-state index is 0.498. The first-order valence-electron chi connectivity index (χ1n) is 24.4. The molecule has 0 saturated heterocycles. The van der Waals surface area contributed by atoms with Crippen molar-refractivity contribution >= 4 is 66.4 Å². The molecule has 0 bridgehead atoms. The second kappa shape index (κ2) is 16.3. The molecule has 3 heteroatoms. The van der Waals surface area contributed by atoms with E-state index in [9.17, 15) is 0 Å². The Hall–Kier alpha value is -8.50. The van der Waals surface area contributed by atoms with E-state index in [0.717, 1.165) is 35.5 Å². The topological polar surface area (TPSA) is 8.17 Å². The van der Waals surface area contributed by atoms with E-state index in [1.165, 1.54) is 98.1 Å². The monoisotopic (exact) mass is 910 g/mol. The second-order valence-corrected chi connectivity index (χ2v) is 19.8. The summed E-state index contributed by atoms with van der Waals surface area (Å²) in [6.07, 6.45) is 6.89. The Morgan fingerprint density at radius 1 is 0.414 bits per heavy atom. The predicted molar refractivity (Wildman–Crippen MR) is 296 cm³/mol. The van der Waals surface area contributed by atoms with Gasteiger partial charge in [0.25, 0.3) is 0 Å². The molecular formula is C67H46N2S. The van der Waals surface area contributed by atoms with Crippen LogP contribution in [-0.4, -0.2) is 4.57 Å². The van der Waals surface area contributed by atoms with Gasteiger partial charge in [-0.3, -0.25) is 0 Å². The molecule has 0 aliphatic heterocycles. The highest BCUT2D eigenvalue weighted by atomic mass is 32.1. The van der Waals surface area contributed by atoms with Gasteiger partial charge in [0.15, 0.2) is 0 Å². The smallest absolute Gasteiger partial charge is 0.0714 e. The summed E-state index contributed by atoms with van der Waals surface area (Å²) in [6.45, 7) is 0. The van der Waals surface area contributed by atoms with Gasteiger partial charge in [0.05, 0.1) is 26.8 Å². The van der Waals surface area contributed by atoms with E-state index in [4.69, 9.17) is 0 Å². The molecule has 0 fully saturated rings. The first kappa shape index (κ1) is 40.6. The largest absolute Gasteiger partial charge is 0.310 e. The minimum atomic E-state index is -0.498. The number of para-hydroxylation sites is 2. The van der Waals surface area contributed by atoms with Crippen molar-refractivity contribution in [3.63, 3.8) is 0 Å². The molecule has 70 heavy (non-hydrogen) atoms. The first-order chi connectivity index (χ1) is 34.7. The molecule has 14 rings (SSSR count). The summed E-state index contributed by atoms with van der Waals surface area (Å²) in [5.74, 6) is 0. The summed E-state index contributed by atoms with van der Waals surface area (Å²) in [5, 5.41) is 3.89. The number of nitrogens with zero attached hydrogens (tertiary/aromatic N) is 2. The third-order valence-electron chi connectivity index (χ3n) is 14.9. The van der Waals surface area contributed by atoms with Crippen LogP contribution in [0.2, 0.25) is 0 Å². The van der Waals surface area contributed by atoms with E-state index in [-0.39, 0.29) is 0 Å². The van der Waals surface area contributed by atoms with Gasteiger partial charge in [0.1, 0.15) is 0 Å². The average molecular weight is 911 g/mol. The number of hydrogen-bond acceptors (Lipinski definition) is 2. The van der Waals surface area contributed by atoms with Crippen LogP contribution in [0.3, 0.4) is 0 Å². The lowest BCUT2D eigenvalue weighted by Gasteiger charge is -2.35. The molecule has 0 amide bonds. The standard InChI is InChI=1S/C67H46N2S/c1-4-22-49(23-5-1)67(50-24-6-2-7-25-50)60-33-13-10-29-54(60)55-39-38-53(44-61(55)67)68(51-26-8-3-9-27-51)52-28-17-21-47(42-52)45-19-16-20-46(41-45)48-37-40-63-59(43-48)56-30-11-14-34-62(56)69(63)64-35-18-32-58-57-31-12-15-36-65(57)70-66(58)64/h1-14,16-35,37-44H,15,36H2. The summed E-state index contributed by atoms with van der Waals surface area (Å²) < 4.78 is 3.85. The van der Waals surface area contributed by atoms with Crippen LogP contribution in [0.5, 0.6) is 0 Å². The fourth-order valence-electron chi connectivity index (χ4n) is 11.8. The average Bonchev–Trinajstić information content (AvgIpc) is 4.08. The third kappa shape index (κ3) is 6.25. The Labute approximate surface area is 412 Å². The molecule has 2 aliphatic rings. The number of rotatable bonds is 8. The molecule has 0 atom stereocenters. The maximum absolute atomic E-state index is 2.49. The van der Waals surface area contributed by atoms with Gasteiger partial charge >= 0.3 is 0 Å². The van der Waals surface area contributed by atoms with Crippen LogP contribution in [0, 0.1) is 0 Å². The number of aromatic nitrogens is 1. The van der Waals surface area contributed by atoms with Gasteiger partial charge in [-0.2, -0.15) is 0 Å². The number of thiophene rings is 1. The Balaban J connectivity index is 0.878. The lowest BCUT2D eigenvalue weighted by Crippen LogP contribution is -2.28. The molecule has 10 aromatic carbocycles. The summed E-state index contributed by atoms with van der Waals surface area (Å²) in [5.41, 5.74) is 20.3. The van der Waals surface area contributed by atoms with Crippen molar-refractivity contribution in [2.75, 3.05) is 4.90 Å². The molecule has 0 unspecified atom stereocenters. The van der Waals surface area contributed by atoms with Crippen LogP contribution in [0.1, 0.15) is 39.1 Å². The van der Waals surface area contributed by atoms with E-state index in [1.807, 2.05) is 11.3 Å². The van der Waals surface area contributed by atoms with Crippen molar-refractivity contribution in [1.29, 1.82) is 0 Å². The van der Waals surface area contributed by atoms with Crippen molar-refractivity contribution in [3.8, 4) is 39.1 Å². The van der Waals surface area contributed by atoms with E-state index in [1.54, 1.807) is 0 Å². The van der Waals surface area contributed by atoms with E-state index < -0.39 is 5.41 Å². The van der Waals surface area contributed by atoms with Crippen LogP contribution in [0.4, 0.5) is 17.1 Å². The molecule has 0 spiro atoms. The molecule has 12 aromatic rings. The Bertz CT molecular complexity index is 3970. The summed E-state index contributed by atoms with van der Waals surface area (Å²) >= 11 is 1.97. The summed E-state index contributed by atoms with van der Waals surface area (Å²) in [7, 11) is 0. The second-order valence-electron chi connectivity index (χ2n) is 18.7. The fraction of sp³-hybridized carbons (Fsp3) is 0.0448. The molecule has 2 nitrogen and oxygen atoms in total. The first-order valence-corrected chi connectivity index (χ1v) is 25.2. The zero-order valence-electron chi connectivity index (χ0n) is 38.5. The number of fused-ring (bicyclic) bond motifs is 9. The highest BCUT2D eigenvalue weighted by molar-refractivity contribution is 7.19. The van der Waals surface area contributed by atoms with Crippen LogP contribution in [0.25, 0.3) is 77.0 Å². The molecule has 2 heterocycles. The van der Waals surface area contributed by atoms with Crippen molar-refractivity contribution in [1.82, 2.24) is 4.57 Å². The molecule has 2 aromatic heterocycles. The number of anilines is 3. The number of hydrogen-bond donors (Lipinski definition) is 0. The van der Waals surface area contributed by atoms with Crippen molar-refractivity contribution in [2.24, 2.45) is 0 Å². The van der Waals surface area contributed by atoms with Crippen molar-refractivity contribution in [3.05, 3.63) is 281 Å². The van der Waals surface area contributed by atoms with Gasteiger partial charge in [0, 0.05) is 38.1 Å². The van der Waals surface area contributed by atoms with Gasteiger partial charge in [-0.05, 0) is 141 Å². The number of benzene rings is 10. The molecule has 330 valence electrons. The van der Waals surface area contributed by atoms with E-state index in [0.29, 0.717) is 0 Å². The Kier molecular flexibility index (Phi) is 9.47. The normalized spacial score (nSPS) is 13.4. The third-order valence-corrected chi connectivity index (χ3v) is 16.2. The Morgan fingerprint density at radius 3 is 1.81 bits per heavy atom. The predicted octanol–water partition coefficient (Wildman–Crippen LogP) is 18.1. The van der Waals surface area contributed by atoms with Crippen molar-refractivity contribution in [2.45, 2.75) is 18.3 Å². The summed E-state index contributed by atoms with van der Waals surface area (Å²) in [4.78, 5) is 3.92. The molecule has 0 N–H and O–H groups in total. The van der Waals surface area contributed by atoms with Gasteiger partial charge in [-0.15, -0.1) is 11.3 Å². The zero-order valence-corrected chi connectivity index (χ0v) is 39.3. The van der Waals surface area contributed by atoms with Crippen molar-refractivity contribution < 1.29 is 0 Å². The van der Waals surface area contributed by atoms with Gasteiger partial charge in [0.2, 0.25) is 0 Å². The quantitative estimate of drug-likeness (QED) is 0.147. The van der Waals surface area contributed by atoms with Gasteiger partial charge < -0.3 is 9.47 Å². The van der Waals surface area contributed by atoms with E-state index in [2.05, 4.69) is 264 Å². The van der Waals surface area contributed by atoms with Gasteiger partial charge in [-0.25, -0.2) is 0 Å². The van der Waals surface area contributed by atoms with Crippen LogP contribution < -0.4 is 4.90 Å². The molecule has 2 aliphatic carbocycles. The lowest BCUT2D eigenvalue weighted by molar-refractivity contribution is 0.768. The maximum Gasteiger partial charge on any atom is 0.0714 e. The number of aryl methyl sites for hydroxylation is 1. The maximum atomic E-state index is 2.49. The van der Waals surface area contributed by atoms with Crippen LogP contribution in [0.15, 0.2) is 249 Å². The highest BCUT2D eigenvalue weighted by Gasteiger charge is 2.46. The minimum Gasteiger partial charge on any atom is -0.310 e. The van der Waals surface area contributed by atoms with E-state index >= 15 is 0 Å². The Morgan fingerprint density at radius 2 is 1.01 bits per heavy atom. The SMILES string of the molecule is C1=Cc2c(sc3c(-n4c5ccccc5c5cc(-c6cccc(-c7cccc(N(c8ccccc8)c8ccc9c(c8)C(c8ccccc8)(c8ccccc8)c8ccccc8-9)c7)c6)ccc54)cccc23)CC1. The van der Waals surface area contributed by atoms with Gasteiger partial charge in [-0.1, -0.05) is 188 Å². The fourth-order valence-corrected chi connectivity index (χ4v) is 13.1. The molecular weight excluding hydrogens is 865 g/mol. The van der Waals surface area contributed by atoms with Crippen LogP contribution in [-0.2, 0) is 11.8 Å². The lowest BCUT2D eigenvalue weighted by atomic mass is 9.67. The number of allylic oxidation sites excluding steroid dienone is 1. The molecule has 0 saturated carbocycles. The highest BCUT2D eigenvalue weighted by Crippen LogP contribution is 2.57. The summed E-state index contributed by atoms with van der Waals surface area (Å²) in [6, 6.07) is 89.9. The molecule has 0 radical (unpaired) electrons.